The molecule has 0 aliphatic carbocycles. The minimum absolute atomic E-state index is 0.0214. The molecular weight excluding hydrogens is 1380 g/mol. The Morgan fingerprint density at radius 3 is 2.20 bits per heavy atom. The van der Waals surface area contributed by atoms with Gasteiger partial charge in [0.2, 0.25) is 23.5 Å². The highest BCUT2D eigenvalue weighted by molar-refractivity contribution is 8.76. The zero-order valence-corrected chi connectivity index (χ0v) is 60.9. The van der Waals surface area contributed by atoms with Crippen LogP contribution in [0.15, 0.2) is 46.7 Å². The fraction of sp³-hybridized carbons (Fsp3) is 0.457. The molecule has 1 spiro atoms. The van der Waals surface area contributed by atoms with Gasteiger partial charge in [-0.15, -0.1) is 0 Å². The standard InChI is InChI=1S/C70H82N16O16S2/c1-11-43-34(2)48-30-53-57(38(6)87)36(4)50-28-49-35(3)44(60-45(27-56(91)100-10)61-58(64(93)81-86(7,8)9)37(5)51-29-52(43)82(48)70(83(50)53,84(49)60)85(51)61)19-21-55(90)79-80-69(99)102-25-26-103-104-33-47(67(97)98)75-54(89)22-24-101-23-12-13-42(88)18-20-46(66(95)96)76-63(92)39-14-16-40(17-15-39)72-31-41-32-73-62-59(74-41)65(94)78-68(71)77-62/h14-17,28-30,32,34-35,43-44,46-47H,11-13,18-27,31,33H2,1-10H3,(H8-,71,72,73,75,76,77,78,81,89,92,93,94,95,96,97,98)/p+3/t34-,35+,43-,44+,46+,47+,70-/m1/s1. The number of hydrogen-bond donors (Lipinski definition) is 10. The summed E-state index contributed by atoms with van der Waals surface area (Å²) in [5.41, 5.74) is 22.4. The first kappa shape index (κ1) is 74.9. The average molecular weight is 1470 g/mol. The van der Waals surface area contributed by atoms with Gasteiger partial charge in [0.1, 0.15) is 24.5 Å². The number of nitrogens with zero attached hydrogens (tertiary/aromatic N) is 8. The number of hydrazine groups is 1. The predicted molar refractivity (Wildman–Crippen MR) is 383 cm³/mol. The van der Waals surface area contributed by atoms with Crippen LogP contribution in [-0.2, 0) is 55.4 Å². The van der Waals surface area contributed by atoms with E-state index in [-0.39, 0.29) is 152 Å². The molecule has 7 atom stereocenters. The Morgan fingerprint density at radius 1 is 0.798 bits per heavy atom. The van der Waals surface area contributed by atoms with Crippen molar-refractivity contribution in [3.05, 3.63) is 108 Å². The van der Waals surface area contributed by atoms with Crippen molar-refractivity contribution < 1.29 is 86.1 Å². The third kappa shape index (κ3) is 14.5. The number of nitrogen functional groups attached to an aromatic ring is 1. The number of aromatic amines is 1. The summed E-state index contributed by atoms with van der Waals surface area (Å²) in [6.07, 6.45) is 7.48. The highest BCUT2D eigenvalue weighted by Gasteiger charge is 2.76. The van der Waals surface area contributed by atoms with Gasteiger partial charge in [0, 0.05) is 78.8 Å². The maximum absolute atomic E-state index is 15.0. The van der Waals surface area contributed by atoms with Crippen LogP contribution in [-0.4, -0.2) is 195 Å². The van der Waals surface area contributed by atoms with Gasteiger partial charge in [-0.3, -0.25) is 48.8 Å². The van der Waals surface area contributed by atoms with E-state index >= 15 is 4.79 Å². The smallest absolute Gasteiger partial charge is 0.480 e. The minimum atomic E-state index is -1.35. The van der Waals surface area contributed by atoms with Crippen molar-refractivity contribution >= 4 is 139 Å². The summed E-state index contributed by atoms with van der Waals surface area (Å²) in [6.45, 7) is 12.0. The number of carbonyl (C=O) groups excluding carboxylic acids is 8. The highest BCUT2D eigenvalue weighted by atomic mass is 33.1. The number of fused-ring (bicyclic) bond motifs is 1. The average Bonchev–Trinajstić information content (AvgIpc) is 1.45. The first-order valence-electron chi connectivity index (χ1n) is 34.2. The van der Waals surface area contributed by atoms with Gasteiger partial charge in [-0.25, -0.2) is 34.4 Å². The van der Waals surface area contributed by atoms with Crippen LogP contribution in [0.5, 0.6) is 0 Å². The molecule has 32 nitrogen and oxygen atoms in total. The van der Waals surface area contributed by atoms with Crippen molar-refractivity contribution in [1.29, 1.82) is 0 Å². The van der Waals surface area contributed by atoms with Crippen molar-refractivity contribution in [3.8, 4) is 0 Å². The van der Waals surface area contributed by atoms with Crippen LogP contribution < -0.4 is 54.2 Å². The topological polar surface area (TPSA) is 424 Å². The van der Waals surface area contributed by atoms with Gasteiger partial charge in [-0.2, -0.15) is 19.5 Å². The lowest BCUT2D eigenvalue weighted by atomic mass is 9.83. The molecule has 34 heteroatoms. The molecule has 0 radical (unpaired) electrons. The summed E-state index contributed by atoms with van der Waals surface area (Å²) < 4.78 is 25.4. The zero-order valence-electron chi connectivity index (χ0n) is 59.3. The Morgan fingerprint density at radius 2 is 1.51 bits per heavy atom. The molecule has 1 aromatic carbocycles. The molecule has 11 N–H and O–H groups in total. The number of ether oxygens (including phenoxy) is 3. The molecule has 11 rings (SSSR count). The first-order chi connectivity index (χ1) is 49.5. The van der Waals surface area contributed by atoms with Gasteiger partial charge in [0.15, 0.2) is 34.1 Å². The number of nitrogens with two attached hydrogens (primary N) is 1. The number of methoxy groups -OCH3 is 1. The van der Waals surface area contributed by atoms with E-state index < -0.39 is 71.2 Å². The predicted octanol–water partition coefficient (Wildman–Crippen LogP) is 2.78. The summed E-state index contributed by atoms with van der Waals surface area (Å²) in [5, 5.41) is 29.2. The second kappa shape index (κ2) is 30.6. The van der Waals surface area contributed by atoms with Gasteiger partial charge in [0.05, 0.1) is 117 Å². The van der Waals surface area contributed by atoms with E-state index in [1.807, 2.05) is 35.0 Å². The maximum atomic E-state index is 15.0. The second-order valence-corrected chi connectivity index (χ2v) is 29.8. The quantitative estimate of drug-likeness (QED) is 0.00549. The molecule has 104 heavy (non-hydrogen) atoms. The number of hydrogen-bond acceptors (Lipinski definition) is 21. The van der Waals surface area contributed by atoms with E-state index in [2.05, 4.69) is 109 Å². The van der Waals surface area contributed by atoms with Gasteiger partial charge in [-0.05, 0) is 81.8 Å². The number of Topliss-reactive ketones (excluding diaryl/α,β-unsaturated/α-hetero) is 2. The molecular formula is C70H85N16O16S2+3. The van der Waals surface area contributed by atoms with Gasteiger partial charge in [-0.1, -0.05) is 51.5 Å². The number of quaternary nitrogens is 1. The number of ketones is 2. The van der Waals surface area contributed by atoms with Crippen LogP contribution in [0.3, 0.4) is 0 Å². The summed E-state index contributed by atoms with van der Waals surface area (Å²) in [4.78, 5) is 159. The SMILES string of the molecule is CC[C@H]1C2=Cc3c(C)c(C(=O)N[N+](C)(C)C)c4n3[C@@]35n6c(c(C)c(C(C)=O)c6=CC(=[N+]23)[C@@H]1C)=CC1=[N+]5C(=C4CC(=O)OC)[C@@H](CCC(=O)NNC(=O)OCCSSC[C@H](NC(=O)CCOCCCC(=O)CC[C@H](NC(=O)c2ccc(NCc3cnc4nc(N)[nH]c(=O)c4n3)cc2)C(=O)O)C(=O)O)[C@@H]1C. The number of rotatable bonds is 33. The van der Waals surface area contributed by atoms with Crippen LogP contribution in [0.25, 0.3) is 35.0 Å². The Labute approximate surface area is 604 Å². The van der Waals surface area contributed by atoms with Crippen molar-refractivity contribution in [3.63, 3.8) is 0 Å². The number of aromatic nitrogens is 6. The highest BCUT2D eigenvalue weighted by Crippen LogP contribution is 2.57. The van der Waals surface area contributed by atoms with E-state index in [0.29, 0.717) is 39.3 Å². The largest absolute Gasteiger partial charge is 0.552 e. The van der Waals surface area contributed by atoms with Crippen molar-refractivity contribution in [2.24, 2.45) is 23.7 Å². The van der Waals surface area contributed by atoms with E-state index in [0.717, 1.165) is 62.0 Å². The summed E-state index contributed by atoms with van der Waals surface area (Å²) in [5.74, 6) is -7.47. The zero-order chi connectivity index (χ0) is 75.0. The van der Waals surface area contributed by atoms with Crippen LogP contribution >= 0.6 is 21.6 Å². The summed E-state index contributed by atoms with van der Waals surface area (Å²) >= 11 is 0. The fourth-order valence-corrected chi connectivity index (χ4v) is 16.8. The lowest BCUT2D eigenvalue weighted by Crippen LogP contribution is -2.70. The second-order valence-electron chi connectivity index (χ2n) is 27.2. The number of allylic oxidation sites excluding steroid dienone is 2. The number of amides is 5. The van der Waals surface area contributed by atoms with Gasteiger partial charge < -0.3 is 46.1 Å². The molecule has 5 amide bonds. The van der Waals surface area contributed by atoms with Crippen LogP contribution in [0, 0.1) is 37.5 Å². The molecule has 6 aliphatic rings. The van der Waals surface area contributed by atoms with E-state index in [1.54, 1.807) is 19.1 Å². The lowest BCUT2D eigenvalue weighted by molar-refractivity contribution is -0.905. The van der Waals surface area contributed by atoms with Crippen molar-refractivity contribution in [1.82, 2.24) is 56.0 Å². The van der Waals surface area contributed by atoms with Crippen molar-refractivity contribution in [2.75, 3.05) is 70.6 Å². The molecule has 0 fully saturated rings. The number of carboxylic acid groups (broad SMARTS) is 2. The fourth-order valence-electron chi connectivity index (χ4n) is 14.8. The molecule has 6 aliphatic heterocycles. The number of esters is 1. The van der Waals surface area contributed by atoms with Crippen LogP contribution in [0.4, 0.5) is 16.4 Å². The minimum Gasteiger partial charge on any atom is -0.480 e. The molecule has 0 saturated carbocycles. The Bertz CT molecular complexity index is 4780. The molecule has 550 valence electrons. The van der Waals surface area contributed by atoms with E-state index in [9.17, 15) is 58.2 Å². The maximum Gasteiger partial charge on any atom is 0.552 e. The lowest BCUT2D eigenvalue weighted by Gasteiger charge is -2.39. The third-order valence-electron chi connectivity index (χ3n) is 19.5. The summed E-state index contributed by atoms with van der Waals surface area (Å²) in [6, 6.07) is 3.55. The Hall–Kier alpha value is -10.3. The van der Waals surface area contributed by atoms with Crippen LogP contribution in [0.1, 0.15) is 145 Å². The Balaban J connectivity index is 0.621. The molecule has 0 bridgehead atoms. The number of aliphatic carboxylic acids is 2. The molecule has 0 unspecified atom stereocenters. The number of nitrogens with one attached hydrogen (secondary N) is 7. The number of H-pyrrole nitrogens is 1. The monoisotopic (exact) mass is 1470 g/mol. The third-order valence-corrected chi connectivity index (χ3v) is 21.9. The number of benzene rings is 1. The number of carboxylic acids is 2. The molecule has 0 saturated heterocycles. The molecule has 5 aromatic rings. The van der Waals surface area contributed by atoms with E-state index in [4.69, 9.17) is 19.9 Å². The number of carbonyl (C=O) groups is 10. The normalized spacial score (nSPS) is 19.0. The Kier molecular flexibility index (Phi) is 22.0. The van der Waals surface area contributed by atoms with Gasteiger partial charge in [0.25, 0.3) is 17.4 Å². The van der Waals surface area contributed by atoms with Crippen LogP contribution in [0.2, 0.25) is 0 Å². The first-order valence-corrected chi connectivity index (χ1v) is 36.7. The summed E-state index contributed by atoms with van der Waals surface area (Å²) in [7, 11) is 9.18. The van der Waals surface area contributed by atoms with Gasteiger partial charge >= 0.3 is 29.9 Å². The molecule has 4 aromatic heterocycles. The van der Waals surface area contributed by atoms with E-state index in [1.165, 1.54) is 36.2 Å². The molecule has 10 heterocycles. The number of anilines is 2. The van der Waals surface area contributed by atoms with Crippen molar-refractivity contribution in [2.45, 2.75) is 124 Å².